The number of carbonyl (C=O) groups is 1. The number of rotatable bonds is 3. The van der Waals surface area contributed by atoms with Gasteiger partial charge in [-0.25, -0.2) is 0 Å². The van der Waals surface area contributed by atoms with Gasteiger partial charge in [-0.15, -0.1) is 0 Å². The van der Waals surface area contributed by atoms with Crippen molar-refractivity contribution in [1.29, 1.82) is 0 Å². The fourth-order valence-electron chi connectivity index (χ4n) is 3.57. The standard InChI is InChI=1S/C15H23N3O/c1-2-15(7-9-16-11-15)14(19)18-10-4-6-13(18)12-5-3-8-17-12/h3,5,8,13,16-17H,2,4,6-7,9-11H2,1H3. The Balaban J connectivity index is 1.82. The first kappa shape index (κ1) is 12.7. The summed E-state index contributed by atoms with van der Waals surface area (Å²) in [7, 11) is 0. The van der Waals surface area contributed by atoms with Crippen LogP contribution in [0, 0.1) is 5.41 Å². The summed E-state index contributed by atoms with van der Waals surface area (Å²) in [5, 5.41) is 3.36. The van der Waals surface area contributed by atoms with Gasteiger partial charge in [0.25, 0.3) is 0 Å². The number of aromatic amines is 1. The van der Waals surface area contributed by atoms with Crippen molar-refractivity contribution in [2.75, 3.05) is 19.6 Å². The molecule has 104 valence electrons. The van der Waals surface area contributed by atoms with Gasteiger partial charge < -0.3 is 15.2 Å². The van der Waals surface area contributed by atoms with Gasteiger partial charge in [-0.2, -0.15) is 0 Å². The minimum Gasteiger partial charge on any atom is -0.363 e. The predicted molar refractivity (Wildman–Crippen MR) is 74.7 cm³/mol. The van der Waals surface area contributed by atoms with Crippen LogP contribution in [0.4, 0.5) is 0 Å². The van der Waals surface area contributed by atoms with Gasteiger partial charge in [-0.3, -0.25) is 4.79 Å². The zero-order valence-corrected chi connectivity index (χ0v) is 11.6. The van der Waals surface area contributed by atoms with E-state index in [4.69, 9.17) is 0 Å². The van der Waals surface area contributed by atoms with Crippen LogP contribution in [0.3, 0.4) is 0 Å². The number of hydrogen-bond acceptors (Lipinski definition) is 2. The van der Waals surface area contributed by atoms with Crippen LogP contribution in [0.25, 0.3) is 0 Å². The molecule has 2 aliphatic rings. The lowest BCUT2D eigenvalue weighted by atomic mass is 9.82. The number of carbonyl (C=O) groups excluding carboxylic acids is 1. The van der Waals surface area contributed by atoms with Crippen molar-refractivity contribution in [2.45, 2.75) is 38.6 Å². The SMILES string of the molecule is CCC1(C(=O)N2CCCC2c2ccc[nH]2)CCNC1. The zero-order valence-electron chi connectivity index (χ0n) is 11.6. The van der Waals surface area contributed by atoms with Crippen molar-refractivity contribution >= 4 is 5.91 Å². The van der Waals surface area contributed by atoms with Crippen LogP contribution in [0.2, 0.25) is 0 Å². The van der Waals surface area contributed by atoms with Crippen LogP contribution in [-0.4, -0.2) is 35.4 Å². The summed E-state index contributed by atoms with van der Waals surface area (Å²) in [5.74, 6) is 0.358. The molecule has 0 spiro atoms. The number of H-pyrrole nitrogens is 1. The molecule has 2 saturated heterocycles. The van der Waals surface area contributed by atoms with Gasteiger partial charge in [-0.1, -0.05) is 6.92 Å². The molecule has 19 heavy (non-hydrogen) atoms. The molecule has 4 heteroatoms. The van der Waals surface area contributed by atoms with Gasteiger partial charge in [0.15, 0.2) is 0 Å². The van der Waals surface area contributed by atoms with Gasteiger partial charge in [-0.05, 0) is 44.4 Å². The quantitative estimate of drug-likeness (QED) is 0.875. The van der Waals surface area contributed by atoms with E-state index in [9.17, 15) is 4.79 Å². The van der Waals surface area contributed by atoms with Crippen molar-refractivity contribution in [3.8, 4) is 0 Å². The van der Waals surface area contributed by atoms with Gasteiger partial charge >= 0.3 is 0 Å². The van der Waals surface area contributed by atoms with E-state index >= 15 is 0 Å². The molecule has 3 rings (SSSR count). The zero-order chi connectivity index (χ0) is 13.3. The summed E-state index contributed by atoms with van der Waals surface area (Å²) >= 11 is 0. The maximum absolute atomic E-state index is 13.0. The van der Waals surface area contributed by atoms with E-state index in [0.717, 1.165) is 45.3 Å². The summed E-state index contributed by atoms with van der Waals surface area (Å²) in [6.07, 6.45) is 6.06. The average Bonchev–Trinajstić information content (AvgIpc) is 3.17. The highest BCUT2D eigenvalue weighted by molar-refractivity contribution is 5.84. The molecule has 2 N–H and O–H groups in total. The van der Waals surface area contributed by atoms with Crippen LogP contribution in [-0.2, 0) is 4.79 Å². The van der Waals surface area contributed by atoms with E-state index in [-0.39, 0.29) is 11.5 Å². The van der Waals surface area contributed by atoms with Crippen LogP contribution >= 0.6 is 0 Å². The summed E-state index contributed by atoms with van der Waals surface area (Å²) < 4.78 is 0. The number of nitrogens with one attached hydrogen (secondary N) is 2. The smallest absolute Gasteiger partial charge is 0.230 e. The molecule has 0 radical (unpaired) electrons. The highest BCUT2D eigenvalue weighted by atomic mass is 16.2. The van der Waals surface area contributed by atoms with E-state index in [2.05, 4.69) is 28.2 Å². The molecular formula is C15H23N3O. The molecular weight excluding hydrogens is 238 g/mol. The van der Waals surface area contributed by atoms with Crippen LogP contribution in [0.1, 0.15) is 44.3 Å². The normalized spacial score (nSPS) is 31.0. The highest BCUT2D eigenvalue weighted by Crippen LogP contribution is 2.38. The van der Waals surface area contributed by atoms with Crippen molar-refractivity contribution in [3.63, 3.8) is 0 Å². The second-order valence-corrected chi connectivity index (χ2v) is 5.84. The summed E-state index contributed by atoms with van der Waals surface area (Å²) in [6.45, 7) is 4.87. The van der Waals surface area contributed by atoms with Gasteiger partial charge in [0.05, 0.1) is 11.5 Å². The minimum atomic E-state index is -0.158. The van der Waals surface area contributed by atoms with Crippen molar-refractivity contribution in [3.05, 3.63) is 24.0 Å². The van der Waals surface area contributed by atoms with Crippen LogP contribution in [0.15, 0.2) is 18.3 Å². The minimum absolute atomic E-state index is 0.158. The maximum Gasteiger partial charge on any atom is 0.230 e. The summed E-state index contributed by atoms with van der Waals surface area (Å²) in [4.78, 5) is 18.4. The largest absolute Gasteiger partial charge is 0.363 e. The van der Waals surface area contributed by atoms with E-state index in [1.165, 1.54) is 5.69 Å². The molecule has 0 aromatic carbocycles. The Kier molecular flexibility index (Phi) is 3.35. The predicted octanol–water partition coefficient (Wildman–Crippen LogP) is 2.07. The van der Waals surface area contributed by atoms with Crippen molar-refractivity contribution in [1.82, 2.24) is 15.2 Å². The molecule has 2 fully saturated rings. The lowest BCUT2D eigenvalue weighted by molar-refractivity contribution is -0.142. The number of likely N-dealkylation sites (tertiary alicyclic amines) is 1. The molecule has 1 aromatic heterocycles. The Morgan fingerprint density at radius 2 is 2.47 bits per heavy atom. The molecule has 4 nitrogen and oxygen atoms in total. The molecule has 3 heterocycles. The van der Waals surface area contributed by atoms with E-state index in [1.807, 2.05) is 12.3 Å². The first-order valence-corrected chi connectivity index (χ1v) is 7.42. The lowest BCUT2D eigenvalue weighted by Crippen LogP contribution is -2.44. The number of hydrogen-bond donors (Lipinski definition) is 2. The van der Waals surface area contributed by atoms with Crippen LogP contribution < -0.4 is 5.32 Å². The first-order valence-electron chi connectivity index (χ1n) is 7.42. The Morgan fingerprint density at radius 3 is 3.11 bits per heavy atom. The monoisotopic (exact) mass is 261 g/mol. The van der Waals surface area contributed by atoms with E-state index in [0.29, 0.717) is 5.91 Å². The molecule has 0 aliphatic carbocycles. The maximum atomic E-state index is 13.0. The third kappa shape index (κ3) is 2.08. The fourth-order valence-corrected chi connectivity index (χ4v) is 3.57. The Hall–Kier alpha value is -1.29. The lowest BCUT2D eigenvalue weighted by Gasteiger charge is -2.34. The third-order valence-corrected chi connectivity index (χ3v) is 4.87. The van der Waals surface area contributed by atoms with E-state index < -0.39 is 0 Å². The molecule has 2 unspecified atom stereocenters. The number of aromatic nitrogens is 1. The first-order chi connectivity index (χ1) is 9.27. The summed E-state index contributed by atoms with van der Waals surface area (Å²) in [5.41, 5.74) is 1.03. The molecule has 0 saturated carbocycles. The molecule has 1 aromatic rings. The van der Waals surface area contributed by atoms with E-state index in [1.54, 1.807) is 0 Å². The summed E-state index contributed by atoms with van der Waals surface area (Å²) in [6, 6.07) is 4.37. The molecule has 2 aliphatic heterocycles. The molecule has 2 atom stereocenters. The average molecular weight is 261 g/mol. The van der Waals surface area contributed by atoms with Gasteiger partial charge in [0.1, 0.15) is 0 Å². The Bertz CT molecular complexity index is 434. The topological polar surface area (TPSA) is 48.1 Å². The third-order valence-electron chi connectivity index (χ3n) is 4.87. The van der Waals surface area contributed by atoms with Gasteiger partial charge in [0, 0.05) is 25.0 Å². The second-order valence-electron chi connectivity index (χ2n) is 5.84. The van der Waals surface area contributed by atoms with Crippen molar-refractivity contribution < 1.29 is 4.79 Å². The second kappa shape index (κ2) is 5.00. The van der Waals surface area contributed by atoms with Gasteiger partial charge in [0.2, 0.25) is 5.91 Å². The Morgan fingerprint density at radius 1 is 1.58 bits per heavy atom. The highest BCUT2D eigenvalue weighted by Gasteiger charge is 2.45. The van der Waals surface area contributed by atoms with Crippen LogP contribution in [0.5, 0.6) is 0 Å². The van der Waals surface area contributed by atoms with Crippen molar-refractivity contribution in [2.24, 2.45) is 5.41 Å². The molecule has 0 bridgehead atoms. The fraction of sp³-hybridized carbons (Fsp3) is 0.667. The number of nitrogens with zero attached hydrogens (tertiary/aromatic N) is 1. The number of amides is 1. The Labute approximate surface area is 114 Å². The molecule has 1 amide bonds.